The molecule has 1 N–H and O–H groups in total. The molecule has 1 heterocycles. The first kappa shape index (κ1) is 13.1. The molecule has 0 spiro atoms. The smallest absolute Gasteiger partial charge is 0.151 e. The fraction of sp³-hybridized carbons (Fsp3) is 0.500. The fourth-order valence-corrected chi connectivity index (χ4v) is 1.44. The Morgan fingerprint density at radius 1 is 1.62 bits per heavy atom. The molecule has 0 amide bonds. The summed E-state index contributed by atoms with van der Waals surface area (Å²) in [4.78, 5) is 15.5. The largest absolute Gasteiger partial charge is 0.307 e. The van der Waals surface area contributed by atoms with Crippen LogP contribution in [0.3, 0.4) is 0 Å². The number of Topliss-reactive ketones (excluding diaryl/α,β-unsaturated/α-hetero) is 1. The summed E-state index contributed by atoms with van der Waals surface area (Å²) in [6.45, 7) is 4.54. The van der Waals surface area contributed by atoms with Crippen molar-refractivity contribution < 1.29 is 4.79 Å². The molecule has 1 unspecified atom stereocenters. The van der Waals surface area contributed by atoms with Gasteiger partial charge in [0, 0.05) is 24.9 Å². The average Bonchev–Trinajstić information content (AvgIpc) is 2.29. The summed E-state index contributed by atoms with van der Waals surface area (Å²) in [6, 6.07) is 2.15. The monoisotopic (exact) mass is 240 g/mol. The lowest BCUT2D eigenvalue weighted by molar-refractivity contribution is -0.117. The highest BCUT2D eigenvalue weighted by molar-refractivity contribution is 6.31. The molecule has 0 aliphatic carbocycles. The van der Waals surface area contributed by atoms with Crippen LogP contribution in [0, 0.1) is 0 Å². The SMILES string of the molecule is CCC(C)NCC(=O)Cc1ccncc1Cl. The molecule has 0 aliphatic heterocycles. The molecule has 0 aliphatic rings. The quantitative estimate of drug-likeness (QED) is 0.829. The molecular formula is C12H17ClN2O. The Morgan fingerprint density at radius 3 is 3.00 bits per heavy atom. The highest BCUT2D eigenvalue weighted by Crippen LogP contribution is 2.13. The van der Waals surface area contributed by atoms with Crippen LogP contribution in [0.2, 0.25) is 5.02 Å². The van der Waals surface area contributed by atoms with Crippen molar-refractivity contribution in [2.24, 2.45) is 0 Å². The molecule has 0 bridgehead atoms. The number of halogens is 1. The van der Waals surface area contributed by atoms with E-state index in [-0.39, 0.29) is 5.78 Å². The number of carbonyl (C=O) groups excluding carboxylic acids is 1. The lowest BCUT2D eigenvalue weighted by atomic mass is 10.1. The molecule has 1 atom stereocenters. The summed E-state index contributed by atoms with van der Waals surface area (Å²) < 4.78 is 0. The van der Waals surface area contributed by atoms with Crippen LogP contribution < -0.4 is 5.32 Å². The third kappa shape index (κ3) is 4.29. The van der Waals surface area contributed by atoms with Crippen LogP contribution in [-0.4, -0.2) is 23.4 Å². The summed E-state index contributed by atoms with van der Waals surface area (Å²) in [5.74, 6) is 0.147. The van der Waals surface area contributed by atoms with Gasteiger partial charge >= 0.3 is 0 Å². The topological polar surface area (TPSA) is 42.0 Å². The van der Waals surface area contributed by atoms with Crippen LogP contribution in [0.15, 0.2) is 18.5 Å². The molecular weight excluding hydrogens is 224 g/mol. The maximum absolute atomic E-state index is 11.6. The van der Waals surface area contributed by atoms with Gasteiger partial charge in [-0.3, -0.25) is 9.78 Å². The minimum absolute atomic E-state index is 0.147. The zero-order valence-corrected chi connectivity index (χ0v) is 10.4. The number of ketones is 1. The maximum atomic E-state index is 11.6. The van der Waals surface area contributed by atoms with E-state index < -0.39 is 0 Å². The van der Waals surface area contributed by atoms with E-state index in [4.69, 9.17) is 11.6 Å². The second-order valence-corrected chi connectivity index (χ2v) is 4.28. The zero-order chi connectivity index (χ0) is 12.0. The standard InChI is InChI=1S/C12H17ClN2O/c1-3-9(2)15-7-11(16)6-10-4-5-14-8-12(10)13/h4-5,8-9,15H,3,6-7H2,1-2H3. The van der Waals surface area contributed by atoms with E-state index in [2.05, 4.69) is 24.1 Å². The first-order valence-electron chi connectivity index (χ1n) is 5.47. The second-order valence-electron chi connectivity index (χ2n) is 3.87. The number of rotatable bonds is 6. The Morgan fingerprint density at radius 2 is 2.38 bits per heavy atom. The van der Waals surface area contributed by atoms with Gasteiger partial charge in [-0.1, -0.05) is 18.5 Å². The molecule has 1 aromatic heterocycles. The fourth-order valence-electron chi connectivity index (χ4n) is 1.25. The number of carbonyl (C=O) groups is 1. The van der Waals surface area contributed by atoms with Gasteiger partial charge in [0.1, 0.15) is 0 Å². The Labute approximate surface area is 101 Å². The molecule has 3 nitrogen and oxygen atoms in total. The maximum Gasteiger partial charge on any atom is 0.151 e. The van der Waals surface area contributed by atoms with E-state index >= 15 is 0 Å². The minimum Gasteiger partial charge on any atom is -0.307 e. The summed E-state index contributed by atoms with van der Waals surface area (Å²) >= 11 is 5.92. The van der Waals surface area contributed by atoms with Crippen molar-refractivity contribution in [3.8, 4) is 0 Å². The van der Waals surface area contributed by atoms with Crippen LogP contribution in [0.5, 0.6) is 0 Å². The van der Waals surface area contributed by atoms with Crippen molar-refractivity contribution in [3.05, 3.63) is 29.0 Å². The summed E-state index contributed by atoms with van der Waals surface area (Å²) in [5, 5.41) is 3.72. The van der Waals surface area contributed by atoms with Gasteiger partial charge < -0.3 is 5.32 Å². The van der Waals surface area contributed by atoms with Crippen molar-refractivity contribution >= 4 is 17.4 Å². The van der Waals surface area contributed by atoms with E-state index in [1.807, 2.05) is 0 Å². The average molecular weight is 241 g/mol. The Bertz CT molecular complexity index is 355. The lowest BCUT2D eigenvalue weighted by Crippen LogP contribution is -2.31. The van der Waals surface area contributed by atoms with Crippen LogP contribution in [0.4, 0.5) is 0 Å². The zero-order valence-electron chi connectivity index (χ0n) is 9.66. The molecule has 0 saturated heterocycles. The van der Waals surface area contributed by atoms with Gasteiger partial charge in [0.2, 0.25) is 0 Å². The normalized spacial score (nSPS) is 12.4. The molecule has 0 aromatic carbocycles. The van der Waals surface area contributed by atoms with Crippen molar-refractivity contribution in [2.75, 3.05) is 6.54 Å². The first-order chi connectivity index (χ1) is 7.63. The minimum atomic E-state index is 0.147. The number of pyridine rings is 1. The highest BCUT2D eigenvalue weighted by atomic mass is 35.5. The van der Waals surface area contributed by atoms with Gasteiger partial charge in [-0.15, -0.1) is 0 Å². The summed E-state index contributed by atoms with van der Waals surface area (Å²) in [7, 11) is 0. The van der Waals surface area contributed by atoms with Crippen molar-refractivity contribution in [1.29, 1.82) is 0 Å². The second kappa shape index (κ2) is 6.61. The number of aromatic nitrogens is 1. The van der Waals surface area contributed by atoms with Gasteiger partial charge in [0.25, 0.3) is 0 Å². The third-order valence-electron chi connectivity index (χ3n) is 2.50. The molecule has 0 saturated carbocycles. The van der Waals surface area contributed by atoms with Crippen LogP contribution in [-0.2, 0) is 11.2 Å². The van der Waals surface area contributed by atoms with Gasteiger partial charge in [-0.25, -0.2) is 0 Å². The number of hydrogen-bond donors (Lipinski definition) is 1. The predicted molar refractivity (Wildman–Crippen MR) is 65.7 cm³/mol. The van der Waals surface area contributed by atoms with E-state index in [0.717, 1.165) is 12.0 Å². The lowest BCUT2D eigenvalue weighted by Gasteiger charge is -2.10. The van der Waals surface area contributed by atoms with E-state index in [9.17, 15) is 4.79 Å². The Balaban J connectivity index is 2.43. The van der Waals surface area contributed by atoms with Gasteiger partial charge in [-0.05, 0) is 25.0 Å². The third-order valence-corrected chi connectivity index (χ3v) is 2.84. The Kier molecular flexibility index (Phi) is 5.43. The van der Waals surface area contributed by atoms with Gasteiger partial charge in [0.05, 0.1) is 11.6 Å². The Hall–Kier alpha value is -0.930. The molecule has 16 heavy (non-hydrogen) atoms. The van der Waals surface area contributed by atoms with Crippen LogP contribution >= 0.6 is 11.6 Å². The molecule has 0 radical (unpaired) electrons. The van der Waals surface area contributed by atoms with E-state index in [0.29, 0.717) is 24.0 Å². The van der Waals surface area contributed by atoms with Gasteiger partial charge in [0.15, 0.2) is 5.78 Å². The molecule has 1 rings (SSSR count). The highest BCUT2D eigenvalue weighted by Gasteiger charge is 2.07. The molecule has 88 valence electrons. The molecule has 1 aromatic rings. The number of nitrogens with zero attached hydrogens (tertiary/aromatic N) is 1. The summed E-state index contributed by atoms with van der Waals surface area (Å²) in [6.07, 6.45) is 4.59. The van der Waals surface area contributed by atoms with Crippen molar-refractivity contribution in [2.45, 2.75) is 32.7 Å². The van der Waals surface area contributed by atoms with E-state index in [1.54, 1.807) is 18.5 Å². The van der Waals surface area contributed by atoms with Crippen molar-refractivity contribution in [1.82, 2.24) is 10.3 Å². The predicted octanol–water partition coefficient (Wildman–Crippen LogP) is 2.23. The molecule has 0 fully saturated rings. The number of hydrogen-bond acceptors (Lipinski definition) is 3. The first-order valence-corrected chi connectivity index (χ1v) is 5.84. The van der Waals surface area contributed by atoms with Crippen LogP contribution in [0.25, 0.3) is 0 Å². The van der Waals surface area contributed by atoms with E-state index in [1.165, 1.54) is 0 Å². The van der Waals surface area contributed by atoms with Crippen molar-refractivity contribution in [3.63, 3.8) is 0 Å². The van der Waals surface area contributed by atoms with Crippen LogP contribution in [0.1, 0.15) is 25.8 Å². The summed E-state index contributed by atoms with van der Waals surface area (Å²) in [5.41, 5.74) is 0.840. The molecule has 4 heteroatoms. The van der Waals surface area contributed by atoms with Gasteiger partial charge in [-0.2, -0.15) is 0 Å². The number of nitrogens with one attached hydrogen (secondary N) is 1.